The van der Waals surface area contributed by atoms with Crippen LogP contribution in [0.25, 0.3) is 0 Å². The number of para-hydroxylation sites is 1. The zero-order valence-electron chi connectivity index (χ0n) is 11.3. The summed E-state index contributed by atoms with van der Waals surface area (Å²) in [5, 5.41) is 3.32. The van der Waals surface area contributed by atoms with E-state index in [0.717, 1.165) is 18.8 Å². The molecule has 98 valence electrons. The van der Waals surface area contributed by atoms with Gasteiger partial charge in [-0.05, 0) is 37.5 Å². The van der Waals surface area contributed by atoms with Gasteiger partial charge in [0.05, 0.1) is 23.8 Å². The number of hydrogen-bond donors (Lipinski definition) is 1. The van der Waals surface area contributed by atoms with Crippen molar-refractivity contribution in [3.05, 3.63) is 48.3 Å². The predicted octanol–water partition coefficient (Wildman–Crippen LogP) is 3.60. The minimum absolute atomic E-state index is 0.918. The summed E-state index contributed by atoms with van der Waals surface area (Å²) in [6.45, 7) is 4.08. The third-order valence-electron chi connectivity index (χ3n) is 3.53. The van der Waals surface area contributed by atoms with E-state index in [1.165, 1.54) is 29.8 Å². The van der Waals surface area contributed by atoms with Crippen molar-refractivity contribution in [2.24, 2.45) is 0 Å². The standard InChI is InChI=1S/C16H19N3/c1-2-18-14-10-15(12-17-11-14)19-9-5-7-13-6-3-4-8-16(13)19/h3-4,6,8,10-12,18H,2,5,7,9H2,1H3. The molecule has 0 saturated carbocycles. The first-order valence-electron chi connectivity index (χ1n) is 6.93. The Bertz CT molecular complexity index is 565. The number of fused-ring (bicyclic) bond motifs is 1. The number of benzene rings is 1. The Kier molecular flexibility index (Phi) is 3.36. The zero-order chi connectivity index (χ0) is 13.1. The highest BCUT2D eigenvalue weighted by Gasteiger charge is 2.17. The molecular weight excluding hydrogens is 234 g/mol. The molecule has 1 aliphatic rings. The van der Waals surface area contributed by atoms with E-state index in [4.69, 9.17) is 0 Å². The monoisotopic (exact) mass is 253 g/mol. The van der Waals surface area contributed by atoms with Gasteiger partial charge in [0.1, 0.15) is 0 Å². The molecule has 0 fully saturated rings. The Morgan fingerprint density at radius 1 is 1.26 bits per heavy atom. The number of nitrogens with one attached hydrogen (secondary N) is 1. The summed E-state index contributed by atoms with van der Waals surface area (Å²) < 4.78 is 0. The van der Waals surface area contributed by atoms with Crippen LogP contribution in [-0.2, 0) is 6.42 Å². The van der Waals surface area contributed by atoms with Gasteiger partial charge in [-0.2, -0.15) is 0 Å². The molecule has 1 N–H and O–H groups in total. The maximum absolute atomic E-state index is 4.35. The van der Waals surface area contributed by atoms with E-state index in [0.29, 0.717) is 0 Å². The molecule has 2 heterocycles. The van der Waals surface area contributed by atoms with Crippen LogP contribution >= 0.6 is 0 Å². The average Bonchev–Trinajstić information content (AvgIpc) is 2.47. The first-order chi connectivity index (χ1) is 9.38. The Labute approximate surface area is 114 Å². The lowest BCUT2D eigenvalue weighted by atomic mass is 10.0. The second-order valence-corrected chi connectivity index (χ2v) is 4.85. The fourth-order valence-corrected chi connectivity index (χ4v) is 2.68. The molecule has 0 saturated heterocycles. The predicted molar refractivity (Wildman–Crippen MR) is 80.2 cm³/mol. The van der Waals surface area contributed by atoms with Gasteiger partial charge < -0.3 is 10.2 Å². The summed E-state index contributed by atoms with van der Waals surface area (Å²) >= 11 is 0. The second kappa shape index (κ2) is 5.31. The summed E-state index contributed by atoms with van der Waals surface area (Å²) in [4.78, 5) is 6.71. The first kappa shape index (κ1) is 12.0. The van der Waals surface area contributed by atoms with Gasteiger partial charge >= 0.3 is 0 Å². The molecule has 3 rings (SSSR count). The number of nitrogens with zero attached hydrogens (tertiary/aromatic N) is 2. The van der Waals surface area contributed by atoms with E-state index in [9.17, 15) is 0 Å². The molecule has 2 aromatic rings. The van der Waals surface area contributed by atoms with Crippen LogP contribution in [0.15, 0.2) is 42.7 Å². The fraction of sp³-hybridized carbons (Fsp3) is 0.312. The van der Waals surface area contributed by atoms with Crippen LogP contribution in [0.5, 0.6) is 0 Å². The van der Waals surface area contributed by atoms with E-state index >= 15 is 0 Å². The molecule has 0 bridgehead atoms. The molecule has 0 aliphatic carbocycles. The lowest BCUT2D eigenvalue weighted by Crippen LogP contribution is -2.24. The van der Waals surface area contributed by atoms with E-state index in [1.54, 1.807) is 0 Å². The van der Waals surface area contributed by atoms with E-state index in [-0.39, 0.29) is 0 Å². The molecule has 0 unspecified atom stereocenters. The van der Waals surface area contributed by atoms with Crippen LogP contribution in [0.4, 0.5) is 17.1 Å². The molecule has 3 nitrogen and oxygen atoms in total. The largest absolute Gasteiger partial charge is 0.384 e. The molecular formula is C16H19N3. The van der Waals surface area contributed by atoms with Crippen LogP contribution < -0.4 is 10.2 Å². The van der Waals surface area contributed by atoms with E-state index in [2.05, 4.69) is 52.5 Å². The first-order valence-corrected chi connectivity index (χ1v) is 6.93. The number of pyridine rings is 1. The van der Waals surface area contributed by atoms with Crippen molar-refractivity contribution in [3.8, 4) is 0 Å². The van der Waals surface area contributed by atoms with Crippen molar-refractivity contribution in [1.82, 2.24) is 4.98 Å². The normalized spacial score (nSPS) is 14.1. The summed E-state index contributed by atoms with van der Waals surface area (Å²) in [5.41, 5.74) is 5.01. The molecule has 0 radical (unpaired) electrons. The van der Waals surface area contributed by atoms with Crippen molar-refractivity contribution in [3.63, 3.8) is 0 Å². The van der Waals surface area contributed by atoms with Crippen molar-refractivity contribution in [2.45, 2.75) is 19.8 Å². The average molecular weight is 253 g/mol. The highest BCUT2D eigenvalue weighted by molar-refractivity contribution is 5.69. The summed E-state index contributed by atoms with van der Waals surface area (Å²) in [7, 11) is 0. The van der Waals surface area contributed by atoms with Crippen LogP contribution in [0.1, 0.15) is 18.9 Å². The maximum atomic E-state index is 4.35. The highest BCUT2D eigenvalue weighted by atomic mass is 15.1. The van der Waals surface area contributed by atoms with E-state index < -0.39 is 0 Å². The van der Waals surface area contributed by atoms with Crippen molar-refractivity contribution >= 4 is 17.1 Å². The molecule has 19 heavy (non-hydrogen) atoms. The van der Waals surface area contributed by atoms with Crippen molar-refractivity contribution < 1.29 is 0 Å². The van der Waals surface area contributed by atoms with Crippen molar-refractivity contribution in [2.75, 3.05) is 23.3 Å². The van der Waals surface area contributed by atoms with Gasteiger partial charge in [-0.25, -0.2) is 0 Å². The number of aromatic nitrogens is 1. The lowest BCUT2D eigenvalue weighted by molar-refractivity contribution is 0.766. The van der Waals surface area contributed by atoms with Gasteiger partial charge in [-0.15, -0.1) is 0 Å². The lowest BCUT2D eigenvalue weighted by Gasteiger charge is -2.31. The molecule has 1 aromatic heterocycles. The van der Waals surface area contributed by atoms with Crippen LogP contribution in [0.3, 0.4) is 0 Å². The SMILES string of the molecule is CCNc1cncc(N2CCCc3ccccc32)c1. The van der Waals surface area contributed by atoms with Gasteiger partial charge in [0.15, 0.2) is 0 Å². The zero-order valence-corrected chi connectivity index (χ0v) is 11.3. The van der Waals surface area contributed by atoms with Crippen LogP contribution in [0, 0.1) is 0 Å². The van der Waals surface area contributed by atoms with Crippen molar-refractivity contribution in [1.29, 1.82) is 0 Å². The molecule has 3 heteroatoms. The van der Waals surface area contributed by atoms with Gasteiger partial charge in [0.25, 0.3) is 0 Å². The van der Waals surface area contributed by atoms with E-state index in [1.807, 2.05) is 12.4 Å². The molecule has 1 aromatic carbocycles. The van der Waals surface area contributed by atoms with Crippen LogP contribution in [-0.4, -0.2) is 18.1 Å². The smallest absolute Gasteiger partial charge is 0.0618 e. The maximum Gasteiger partial charge on any atom is 0.0618 e. The Hall–Kier alpha value is -2.03. The minimum Gasteiger partial charge on any atom is -0.384 e. The quantitative estimate of drug-likeness (QED) is 0.906. The fourth-order valence-electron chi connectivity index (χ4n) is 2.68. The summed E-state index contributed by atoms with van der Waals surface area (Å²) in [6.07, 6.45) is 6.20. The highest BCUT2D eigenvalue weighted by Crippen LogP contribution is 2.33. The Morgan fingerprint density at radius 2 is 2.16 bits per heavy atom. The Morgan fingerprint density at radius 3 is 3.05 bits per heavy atom. The number of aryl methyl sites for hydroxylation is 1. The van der Waals surface area contributed by atoms with Crippen LogP contribution in [0.2, 0.25) is 0 Å². The Balaban J connectivity index is 1.97. The second-order valence-electron chi connectivity index (χ2n) is 4.85. The van der Waals surface area contributed by atoms with Gasteiger partial charge in [-0.1, -0.05) is 18.2 Å². The van der Waals surface area contributed by atoms with Gasteiger partial charge in [0.2, 0.25) is 0 Å². The third kappa shape index (κ3) is 2.41. The number of rotatable bonds is 3. The number of hydrogen-bond acceptors (Lipinski definition) is 3. The molecule has 1 aliphatic heterocycles. The summed E-state index contributed by atoms with van der Waals surface area (Å²) in [5.74, 6) is 0. The van der Waals surface area contributed by atoms with Gasteiger partial charge in [-0.3, -0.25) is 4.98 Å². The molecule has 0 amide bonds. The molecule has 0 atom stereocenters. The number of anilines is 3. The molecule has 0 spiro atoms. The minimum atomic E-state index is 0.918. The summed E-state index contributed by atoms with van der Waals surface area (Å²) in [6, 6.07) is 10.8. The third-order valence-corrected chi connectivity index (χ3v) is 3.53. The van der Waals surface area contributed by atoms with Gasteiger partial charge in [0, 0.05) is 18.8 Å². The topological polar surface area (TPSA) is 28.2 Å².